The lowest BCUT2D eigenvalue weighted by Crippen LogP contribution is -2.33. The van der Waals surface area contributed by atoms with E-state index in [2.05, 4.69) is 32.9 Å². The fourth-order valence-corrected chi connectivity index (χ4v) is 3.55. The second-order valence-corrected chi connectivity index (χ2v) is 8.16. The molecule has 39 heavy (non-hydrogen) atoms. The largest absolute Gasteiger partial charge is 0.465 e. The highest BCUT2D eigenvalue weighted by Gasteiger charge is 2.40. The zero-order valence-corrected chi connectivity index (χ0v) is 20.6. The van der Waals surface area contributed by atoms with Gasteiger partial charge in [-0.3, -0.25) is 14.4 Å². The molecular weight excluding hydrogens is 545 g/mol. The number of nitrogens with zero attached hydrogens (tertiary/aromatic N) is 2. The van der Waals surface area contributed by atoms with Gasteiger partial charge in [-0.15, -0.1) is 0 Å². The van der Waals surface area contributed by atoms with E-state index in [1.165, 1.54) is 42.5 Å². The Morgan fingerprint density at radius 3 is 2.18 bits per heavy atom. The van der Waals surface area contributed by atoms with E-state index in [4.69, 9.17) is 16.7 Å². The lowest BCUT2D eigenvalue weighted by atomic mass is 10.1. The van der Waals surface area contributed by atoms with Crippen LogP contribution < -0.4 is 21.3 Å². The molecule has 11 nitrogen and oxygen atoms in total. The van der Waals surface area contributed by atoms with Crippen molar-refractivity contribution in [3.8, 4) is 5.69 Å². The van der Waals surface area contributed by atoms with Crippen LogP contribution in [0, 0.1) is 0 Å². The van der Waals surface area contributed by atoms with Gasteiger partial charge < -0.3 is 26.4 Å². The Kier molecular flexibility index (Phi) is 8.93. The van der Waals surface area contributed by atoms with Gasteiger partial charge in [0.1, 0.15) is 0 Å². The average molecular weight is 565 g/mol. The molecule has 204 valence electrons. The number of nitrogens with one attached hydrogen (secondary N) is 4. The first-order valence-corrected chi connectivity index (χ1v) is 11.3. The van der Waals surface area contributed by atoms with Gasteiger partial charge in [0.15, 0.2) is 5.69 Å². The molecule has 0 radical (unpaired) electrons. The van der Waals surface area contributed by atoms with Crippen molar-refractivity contribution in [3.05, 3.63) is 83.2 Å². The van der Waals surface area contributed by atoms with Crippen molar-refractivity contribution < 1.29 is 37.5 Å². The van der Waals surface area contributed by atoms with E-state index in [1.54, 1.807) is 0 Å². The third kappa shape index (κ3) is 7.58. The molecule has 0 aliphatic rings. The third-order valence-electron chi connectivity index (χ3n) is 4.95. The maximum atomic E-state index is 14.0. The highest BCUT2D eigenvalue weighted by Crippen LogP contribution is 2.34. The van der Waals surface area contributed by atoms with Crippen LogP contribution in [-0.2, 0) is 11.0 Å². The third-order valence-corrected chi connectivity index (χ3v) is 5.17. The van der Waals surface area contributed by atoms with E-state index >= 15 is 0 Å². The number of hydrogen-bond acceptors (Lipinski definition) is 5. The van der Waals surface area contributed by atoms with Crippen molar-refractivity contribution in [1.82, 2.24) is 20.4 Å². The number of amides is 4. The fourth-order valence-electron chi connectivity index (χ4n) is 3.31. The van der Waals surface area contributed by atoms with Gasteiger partial charge in [0.2, 0.25) is 5.91 Å². The number of rotatable bonds is 9. The van der Waals surface area contributed by atoms with Gasteiger partial charge in [0.05, 0.1) is 17.4 Å². The fraction of sp³-hybridized carbons (Fsp3) is 0.125. The van der Waals surface area contributed by atoms with Crippen LogP contribution in [0.1, 0.15) is 26.4 Å². The molecular formula is C24H20ClF3N6O5. The molecule has 0 aliphatic carbocycles. The number of alkyl halides is 3. The number of aromatic nitrogens is 2. The molecule has 3 aromatic rings. The zero-order chi connectivity index (χ0) is 28.7. The smallest absolute Gasteiger partial charge is 0.434 e. The molecule has 0 unspecified atom stereocenters. The van der Waals surface area contributed by atoms with Crippen molar-refractivity contribution in [2.75, 3.05) is 23.7 Å². The molecule has 2 aromatic carbocycles. The van der Waals surface area contributed by atoms with Gasteiger partial charge in [0, 0.05) is 35.1 Å². The Labute approximate surface area is 223 Å². The van der Waals surface area contributed by atoms with Crippen LogP contribution in [0.3, 0.4) is 0 Å². The average Bonchev–Trinajstić information content (AvgIpc) is 3.32. The Morgan fingerprint density at radius 1 is 0.974 bits per heavy atom. The van der Waals surface area contributed by atoms with Gasteiger partial charge in [-0.1, -0.05) is 18.2 Å². The summed E-state index contributed by atoms with van der Waals surface area (Å²) in [6.45, 7) is 3.27. The van der Waals surface area contributed by atoms with E-state index in [1.807, 2.05) is 0 Å². The van der Waals surface area contributed by atoms with Crippen LogP contribution in [0.5, 0.6) is 0 Å². The standard InChI is InChI=1S/C24H20ClF3N6O5/c1-2-19(35)32-15-9-14(25)10-16(11-15)33-22(37)18-12-31-34(20(18)24(26,27)28)17-5-3-13(4-6-17)21(36)29-7-8-30-23(38)39/h2-6,9-12,30H,1,7-8H2,(H,29,36)(H,32,35)(H,33,37)(H,38,39). The first-order valence-electron chi connectivity index (χ1n) is 10.9. The molecule has 0 spiro atoms. The van der Waals surface area contributed by atoms with E-state index in [9.17, 15) is 32.3 Å². The number of carbonyl (C=O) groups excluding carboxylic acids is 3. The second-order valence-electron chi connectivity index (χ2n) is 7.73. The normalized spacial score (nSPS) is 10.9. The molecule has 1 aromatic heterocycles. The Hall–Kier alpha value is -4.85. The molecule has 1 heterocycles. The second kappa shape index (κ2) is 12.1. The van der Waals surface area contributed by atoms with Crippen LogP contribution in [-0.4, -0.2) is 51.8 Å². The minimum Gasteiger partial charge on any atom is -0.465 e. The summed E-state index contributed by atoms with van der Waals surface area (Å²) in [4.78, 5) is 47.0. The topological polar surface area (TPSA) is 154 Å². The highest BCUT2D eigenvalue weighted by atomic mass is 35.5. The molecule has 4 amide bonds. The number of carbonyl (C=O) groups is 4. The maximum absolute atomic E-state index is 14.0. The van der Waals surface area contributed by atoms with Gasteiger partial charge in [-0.25, -0.2) is 9.48 Å². The number of benzene rings is 2. The lowest BCUT2D eigenvalue weighted by molar-refractivity contribution is -0.143. The van der Waals surface area contributed by atoms with E-state index in [-0.39, 0.29) is 40.7 Å². The van der Waals surface area contributed by atoms with Crippen LogP contribution in [0.4, 0.5) is 29.3 Å². The van der Waals surface area contributed by atoms with Gasteiger partial charge in [-0.2, -0.15) is 18.3 Å². The summed E-state index contributed by atoms with van der Waals surface area (Å²) in [7, 11) is 0. The van der Waals surface area contributed by atoms with E-state index in [0.717, 1.165) is 12.3 Å². The molecule has 0 bridgehead atoms. The molecule has 0 fully saturated rings. The molecule has 0 atom stereocenters. The lowest BCUT2D eigenvalue weighted by Gasteiger charge is -2.14. The van der Waals surface area contributed by atoms with Crippen LogP contribution >= 0.6 is 11.6 Å². The van der Waals surface area contributed by atoms with Crippen molar-refractivity contribution in [3.63, 3.8) is 0 Å². The van der Waals surface area contributed by atoms with Crippen molar-refractivity contribution in [1.29, 1.82) is 0 Å². The number of anilines is 2. The molecule has 5 N–H and O–H groups in total. The van der Waals surface area contributed by atoms with Gasteiger partial charge >= 0.3 is 12.3 Å². The van der Waals surface area contributed by atoms with Crippen LogP contribution in [0.2, 0.25) is 5.02 Å². The quantitative estimate of drug-likeness (QED) is 0.196. The summed E-state index contributed by atoms with van der Waals surface area (Å²) >= 11 is 6.00. The number of halogens is 4. The maximum Gasteiger partial charge on any atom is 0.434 e. The highest BCUT2D eigenvalue weighted by molar-refractivity contribution is 6.31. The molecule has 0 saturated heterocycles. The molecule has 15 heteroatoms. The predicted molar refractivity (Wildman–Crippen MR) is 135 cm³/mol. The van der Waals surface area contributed by atoms with Crippen LogP contribution in [0.25, 0.3) is 5.69 Å². The summed E-state index contributed by atoms with van der Waals surface area (Å²) in [6.07, 6.45) is -4.50. The van der Waals surface area contributed by atoms with Crippen molar-refractivity contribution >= 4 is 46.8 Å². The summed E-state index contributed by atoms with van der Waals surface area (Å²) < 4.78 is 42.6. The van der Waals surface area contributed by atoms with Gasteiger partial charge in [-0.05, 0) is 48.5 Å². The number of hydrogen-bond donors (Lipinski definition) is 5. The van der Waals surface area contributed by atoms with Gasteiger partial charge in [0.25, 0.3) is 11.8 Å². The Bertz CT molecular complexity index is 1420. The molecule has 3 rings (SSSR count). The van der Waals surface area contributed by atoms with Crippen molar-refractivity contribution in [2.45, 2.75) is 6.18 Å². The Balaban J connectivity index is 1.83. The first kappa shape index (κ1) is 28.7. The Morgan fingerprint density at radius 2 is 1.59 bits per heavy atom. The predicted octanol–water partition coefficient (Wildman–Crippen LogP) is 3.92. The number of carboxylic acid groups (broad SMARTS) is 1. The zero-order valence-electron chi connectivity index (χ0n) is 19.8. The van der Waals surface area contributed by atoms with Crippen molar-refractivity contribution in [2.24, 2.45) is 0 Å². The summed E-state index contributed by atoms with van der Waals surface area (Å²) in [6, 6.07) is 8.87. The minimum absolute atomic E-state index is 0.00250. The summed E-state index contributed by atoms with van der Waals surface area (Å²) in [5.74, 6) is -2.27. The van der Waals surface area contributed by atoms with E-state index < -0.39 is 41.2 Å². The summed E-state index contributed by atoms with van der Waals surface area (Å²) in [5.41, 5.74) is -1.93. The molecule has 0 saturated carbocycles. The van der Waals surface area contributed by atoms with Crippen LogP contribution in [0.15, 0.2) is 61.3 Å². The van der Waals surface area contributed by atoms with E-state index in [0.29, 0.717) is 4.68 Å². The minimum atomic E-state index is -4.99. The first-order chi connectivity index (χ1) is 18.4. The summed E-state index contributed by atoms with van der Waals surface area (Å²) in [5, 5.41) is 21.6. The molecule has 0 aliphatic heterocycles. The SMILES string of the molecule is C=CC(=O)Nc1cc(Cl)cc(NC(=O)c2cnn(-c3ccc(C(=O)NCCNC(=O)O)cc3)c2C(F)(F)F)c1. The monoisotopic (exact) mass is 564 g/mol.